The quantitative estimate of drug-likeness (QED) is 0.567. The van der Waals surface area contributed by atoms with Crippen LogP contribution in [0.25, 0.3) is 0 Å². The molecule has 0 aromatic heterocycles. The van der Waals surface area contributed by atoms with E-state index < -0.39 is 0 Å². The highest BCUT2D eigenvalue weighted by molar-refractivity contribution is 14.1. The Morgan fingerprint density at radius 3 is 2.71 bits per heavy atom. The Balaban J connectivity index is 1.55. The molecule has 3 nitrogen and oxygen atoms in total. The van der Waals surface area contributed by atoms with Crippen molar-refractivity contribution in [2.45, 2.75) is 5.75 Å². The molecule has 1 aliphatic heterocycles. The van der Waals surface area contributed by atoms with Gasteiger partial charge in [-0.3, -0.25) is 0 Å². The average Bonchev–Trinajstić information content (AvgIpc) is 2.95. The van der Waals surface area contributed by atoms with Crippen LogP contribution in [-0.4, -0.2) is 11.1 Å². The number of anilines is 1. The van der Waals surface area contributed by atoms with E-state index in [1.807, 2.05) is 42.5 Å². The Bertz CT molecular complexity index is 661. The number of thiocarbonyl (C=S) groups is 1. The summed E-state index contributed by atoms with van der Waals surface area (Å²) in [7, 11) is 0. The zero-order valence-electron chi connectivity index (χ0n) is 11.0. The Hall–Kier alpha value is -0.990. The van der Waals surface area contributed by atoms with Crippen molar-refractivity contribution < 1.29 is 9.47 Å². The summed E-state index contributed by atoms with van der Waals surface area (Å²) < 4.78 is 12.6. The van der Waals surface area contributed by atoms with Crippen molar-refractivity contribution in [3.05, 3.63) is 51.6 Å². The summed E-state index contributed by atoms with van der Waals surface area (Å²) in [5.41, 5.74) is 2.18. The molecule has 21 heavy (non-hydrogen) atoms. The minimum Gasteiger partial charge on any atom is -0.454 e. The van der Waals surface area contributed by atoms with Gasteiger partial charge in [0.25, 0.3) is 0 Å². The molecule has 0 amide bonds. The summed E-state index contributed by atoms with van der Waals surface area (Å²) in [5.74, 6) is 2.42. The molecule has 0 radical (unpaired) electrons. The summed E-state index contributed by atoms with van der Waals surface area (Å²) in [6, 6.07) is 14.1. The first-order valence-electron chi connectivity index (χ1n) is 6.28. The minimum absolute atomic E-state index is 0.304. The molecule has 0 spiro atoms. The molecule has 1 heterocycles. The third-order valence-corrected chi connectivity index (χ3v) is 4.91. The van der Waals surface area contributed by atoms with Crippen molar-refractivity contribution in [1.29, 1.82) is 0 Å². The van der Waals surface area contributed by atoms with Crippen molar-refractivity contribution in [3.8, 4) is 11.5 Å². The van der Waals surface area contributed by atoms with Crippen LogP contribution in [0.2, 0.25) is 0 Å². The molecule has 0 aliphatic carbocycles. The maximum absolute atomic E-state index is 5.37. The number of fused-ring (bicyclic) bond motifs is 1. The van der Waals surface area contributed by atoms with Crippen LogP contribution >= 0.6 is 46.6 Å². The first-order valence-corrected chi connectivity index (χ1v) is 8.76. The monoisotopic (exact) mass is 429 g/mol. The molecule has 2 aromatic rings. The van der Waals surface area contributed by atoms with E-state index in [1.165, 1.54) is 3.57 Å². The SMILES string of the molecule is S=C(Nc1ccc(I)cc1)SCc1ccc2c(c1)OCO2. The Morgan fingerprint density at radius 1 is 1.14 bits per heavy atom. The lowest BCUT2D eigenvalue weighted by Gasteiger charge is -2.08. The minimum atomic E-state index is 0.304. The van der Waals surface area contributed by atoms with E-state index >= 15 is 0 Å². The summed E-state index contributed by atoms with van der Waals surface area (Å²) in [6.45, 7) is 0.304. The van der Waals surface area contributed by atoms with E-state index in [0.717, 1.165) is 32.8 Å². The molecular weight excluding hydrogens is 417 g/mol. The van der Waals surface area contributed by atoms with Gasteiger partial charge in [0.2, 0.25) is 6.79 Å². The number of thioether (sulfide) groups is 1. The van der Waals surface area contributed by atoms with Gasteiger partial charge in [-0.1, -0.05) is 30.0 Å². The second-order valence-electron chi connectivity index (χ2n) is 4.40. The van der Waals surface area contributed by atoms with Gasteiger partial charge in [-0.25, -0.2) is 0 Å². The van der Waals surface area contributed by atoms with Gasteiger partial charge >= 0.3 is 0 Å². The predicted molar refractivity (Wildman–Crippen MR) is 99.2 cm³/mol. The van der Waals surface area contributed by atoms with Crippen molar-refractivity contribution in [3.63, 3.8) is 0 Å². The van der Waals surface area contributed by atoms with Crippen LogP contribution in [0.4, 0.5) is 5.69 Å². The average molecular weight is 429 g/mol. The van der Waals surface area contributed by atoms with E-state index in [-0.39, 0.29) is 0 Å². The summed E-state index contributed by atoms with van der Waals surface area (Å²) in [5, 5.41) is 3.23. The van der Waals surface area contributed by atoms with Crippen LogP contribution in [-0.2, 0) is 5.75 Å². The van der Waals surface area contributed by atoms with E-state index in [2.05, 4.69) is 27.9 Å². The smallest absolute Gasteiger partial charge is 0.231 e. The molecule has 0 saturated carbocycles. The molecule has 0 atom stereocenters. The number of rotatable bonds is 3. The third-order valence-electron chi connectivity index (χ3n) is 2.90. The van der Waals surface area contributed by atoms with Gasteiger partial charge in [-0.15, -0.1) is 0 Å². The largest absolute Gasteiger partial charge is 0.454 e. The Morgan fingerprint density at radius 2 is 1.90 bits per heavy atom. The van der Waals surface area contributed by atoms with E-state index in [9.17, 15) is 0 Å². The van der Waals surface area contributed by atoms with E-state index in [1.54, 1.807) is 11.8 Å². The molecule has 0 bridgehead atoms. The van der Waals surface area contributed by atoms with Gasteiger partial charge in [0.05, 0.1) is 0 Å². The van der Waals surface area contributed by atoms with Crippen molar-refractivity contribution in [2.75, 3.05) is 12.1 Å². The van der Waals surface area contributed by atoms with Crippen LogP contribution in [0.1, 0.15) is 5.56 Å². The fourth-order valence-corrected chi connectivity index (χ4v) is 3.19. The zero-order chi connectivity index (χ0) is 14.7. The normalized spacial score (nSPS) is 12.2. The summed E-state index contributed by atoms with van der Waals surface area (Å²) in [6.07, 6.45) is 0. The van der Waals surface area contributed by atoms with Crippen molar-refractivity contribution in [1.82, 2.24) is 0 Å². The summed E-state index contributed by atoms with van der Waals surface area (Å²) in [4.78, 5) is 0. The summed E-state index contributed by atoms with van der Waals surface area (Å²) >= 11 is 9.24. The number of halogens is 1. The molecular formula is C15H12INO2S2. The van der Waals surface area contributed by atoms with E-state index in [4.69, 9.17) is 21.7 Å². The first kappa shape index (κ1) is 14.9. The van der Waals surface area contributed by atoms with Crippen molar-refractivity contribution >= 4 is 56.6 Å². The van der Waals surface area contributed by atoms with Gasteiger partial charge in [-0.05, 0) is 64.6 Å². The Labute approximate surface area is 146 Å². The molecule has 0 fully saturated rings. The number of nitrogens with one attached hydrogen (secondary N) is 1. The van der Waals surface area contributed by atoms with Gasteiger partial charge in [-0.2, -0.15) is 0 Å². The molecule has 1 aliphatic rings. The van der Waals surface area contributed by atoms with Crippen LogP contribution in [0.5, 0.6) is 11.5 Å². The van der Waals surface area contributed by atoms with Gasteiger partial charge in [0, 0.05) is 15.0 Å². The molecule has 1 N–H and O–H groups in total. The second kappa shape index (κ2) is 6.85. The molecule has 3 rings (SSSR count). The van der Waals surface area contributed by atoms with Gasteiger partial charge in [0.15, 0.2) is 11.5 Å². The molecule has 0 saturated heterocycles. The fraction of sp³-hybridized carbons (Fsp3) is 0.133. The number of benzene rings is 2. The highest BCUT2D eigenvalue weighted by Gasteiger charge is 2.13. The standard InChI is InChI=1S/C15H12INO2S2/c16-11-2-4-12(5-3-11)17-15(20)21-8-10-1-6-13-14(7-10)19-9-18-13/h1-7H,8-9H2,(H,17,20). The lowest BCUT2D eigenvalue weighted by Crippen LogP contribution is -2.04. The van der Waals surface area contributed by atoms with Gasteiger partial charge in [0.1, 0.15) is 4.32 Å². The predicted octanol–water partition coefficient (Wildman–Crippen LogP) is 4.65. The highest BCUT2D eigenvalue weighted by atomic mass is 127. The number of hydrogen-bond acceptors (Lipinski definition) is 4. The highest BCUT2D eigenvalue weighted by Crippen LogP contribution is 2.33. The maximum Gasteiger partial charge on any atom is 0.231 e. The van der Waals surface area contributed by atoms with E-state index in [0.29, 0.717) is 6.79 Å². The Kier molecular flexibility index (Phi) is 4.87. The lowest BCUT2D eigenvalue weighted by atomic mass is 10.2. The third kappa shape index (κ3) is 4.02. The second-order valence-corrected chi connectivity index (χ2v) is 7.29. The first-order chi connectivity index (χ1) is 10.2. The zero-order valence-corrected chi connectivity index (χ0v) is 14.8. The van der Waals surface area contributed by atoms with Crippen LogP contribution < -0.4 is 14.8 Å². The van der Waals surface area contributed by atoms with Gasteiger partial charge < -0.3 is 14.8 Å². The van der Waals surface area contributed by atoms with Crippen LogP contribution in [0.15, 0.2) is 42.5 Å². The van der Waals surface area contributed by atoms with Crippen molar-refractivity contribution in [2.24, 2.45) is 0 Å². The molecule has 0 unspecified atom stereocenters. The fourth-order valence-electron chi connectivity index (χ4n) is 1.87. The van der Waals surface area contributed by atoms with Crippen LogP contribution in [0, 0.1) is 3.57 Å². The van der Waals surface area contributed by atoms with Crippen LogP contribution in [0.3, 0.4) is 0 Å². The molecule has 108 valence electrons. The molecule has 6 heteroatoms. The maximum atomic E-state index is 5.37. The lowest BCUT2D eigenvalue weighted by molar-refractivity contribution is 0.174. The molecule has 2 aromatic carbocycles. The number of hydrogen-bond donors (Lipinski definition) is 1. The topological polar surface area (TPSA) is 30.5 Å². The number of ether oxygens (including phenoxy) is 2.